The molecule has 5 nitrogen and oxygen atoms in total. The number of carbonyl (C=O) groups is 1. The smallest absolute Gasteiger partial charge is 0.280 e. The third-order valence-electron chi connectivity index (χ3n) is 2.95. The van der Waals surface area contributed by atoms with Crippen LogP contribution in [0.5, 0.6) is 11.5 Å². The number of ether oxygens (including phenoxy) is 1. The maximum Gasteiger partial charge on any atom is 0.280 e. The zero-order valence-corrected chi connectivity index (χ0v) is 12.5. The van der Waals surface area contributed by atoms with Crippen molar-refractivity contribution < 1.29 is 14.6 Å². The number of aryl methyl sites for hydroxylation is 1. The molecule has 2 N–H and O–H groups in total. The lowest BCUT2D eigenvalue weighted by Crippen LogP contribution is -2.33. The van der Waals surface area contributed by atoms with Crippen LogP contribution < -0.4 is 10.2 Å². The van der Waals surface area contributed by atoms with Crippen LogP contribution in [0, 0.1) is 6.92 Å². The highest BCUT2D eigenvalue weighted by Gasteiger charge is 2.13. The number of hydrazone groups is 1. The Balaban J connectivity index is 1.87. The van der Waals surface area contributed by atoms with Gasteiger partial charge in [-0.25, -0.2) is 5.43 Å². The highest BCUT2D eigenvalue weighted by Crippen LogP contribution is 2.14. The van der Waals surface area contributed by atoms with Crippen molar-refractivity contribution in [2.75, 3.05) is 0 Å². The SMILES string of the molecule is Cc1cccc(OC(C)C(=O)NN=Cc2ccc(O)cc2)c1. The minimum atomic E-state index is -0.654. The molecule has 114 valence electrons. The minimum absolute atomic E-state index is 0.182. The Morgan fingerprint density at radius 2 is 2.00 bits per heavy atom. The van der Waals surface area contributed by atoms with Crippen molar-refractivity contribution in [2.24, 2.45) is 5.10 Å². The summed E-state index contributed by atoms with van der Waals surface area (Å²) in [4.78, 5) is 11.9. The predicted octanol–water partition coefficient (Wildman–Crippen LogP) is 2.62. The van der Waals surface area contributed by atoms with E-state index in [1.54, 1.807) is 37.3 Å². The summed E-state index contributed by atoms with van der Waals surface area (Å²) in [7, 11) is 0. The summed E-state index contributed by atoms with van der Waals surface area (Å²) in [5.41, 5.74) is 4.26. The van der Waals surface area contributed by atoms with Gasteiger partial charge in [-0.15, -0.1) is 0 Å². The number of aromatic hydroxyl groups is 1. The molecule has 0 saturated carbocycles. The first kappa shape index (κ1) is 15.6. The average Bonchev–Trinajstić information content (AvgIpc) is 2.49. The van der Waals surface area contributed by atoms with Crippen molar-refractivity contribution in [1.29, 1.82) is 0 Å². The highest BCUT2D eigenvalue weighted by atomic mass is 16.5. The van der Waals surface area contributed by atoms with E-state index >= 15 is 0 Å². The van der Waals surface area contributed by atoms with E-state index in [0.29, 0.717) is 5.75 Å². The summed E-state index contributed by atoms with van der Waals surface area (Å²) in [6, 6.07) is 14.0. The number of hydrogen-bond donors (Lipinski definition) is 2. The zero-order chi connectivity index (χ0) is 15.9. The number of amides is 1. The van der Waals surface area contributed by atoms with Gasteiger partial charge in [-0.3, -0.25) is 4.79 Å². The lowest BCUT2D eigenvalue weighted by Gasteiger charge is -2.13. The Morgan fingerprint density at radius 3 is 2.68 bits per heavy atom. The van der Waals surface area contributed by atoms with Gasteiger partial charge in [0.15, 0.2) is 6.10 Å². The molecule has 22 heavy (non-hydrogen) atoms. The van der Waals surface area contributed by atoms with Crippen LogP contribution in [0.15, 0.2) is 53.6 Å². The second-order valence-corrected chi connectivity index (χ2v) is 4.90. The van der Waals surface area contributed by atoms with E-state index in [-0.39, 0.29) is 11.7 Å². The number of nitrogens with zero attached hydrogens (tertiary/aromatic N) is 1. The van der Waals surface area contributed by atoms with Gasteiger partial charge in [0.25, 0.3) is 5.91 Å². The third-order valence-corrected chi connectivity index (χ3v) is 2.95. The average molecular weight is 298 g/mol. The molecule has 1 unspecified atom stereocenters. The summed E-state index contributed by atoms with van der Waals surface area (Å²) in [6.45, 7) is 3.62. The fourth-order valence-corrected chi connectivity index (χ4v) is 1.77. The zero-order valence-electron chi connectivity index (χ0n) is 12.5. The topological polar surface area (TPSA) is 70.9 Å². The van der Waals surface area contributed by atoms with Crippen LogP contribution in [-0.2, 0) is 4.79 Å². The second-order valence-electron chi connectivity index (χ2n) is 4.90. The monoisotopic (exact) mass is 298 g/mol. The Labute approximate surface area is 129 Å². The van der Waals surface area contributed by atoms with Gasteiger partial charge >= 0.3 is 0 Å². The lowest BCUT2D eigenvalue weighted by atomic mass is 10.2. The fraction of sp³-hybridized carbons (Fsp3) is 0.176. The molecule has 0 aliphatic heterocycles. The van der Waals surface area contributed by atoms with Gasteiger partial charge < -0.3 is 9.84 Å². The molecule has 0 bridgehead atoms. The molecular formula is C17H18N2O3. The van der Waals surface area contributed by atoms with Gasteiger partial charge in [-0.1, -0.05) is 12.1 Å². The number of nitrogens with one attached hydrogen (secondary N) is 1. The van der Waals surface area contributed by atoms with Crippen LogP contribution in [0.3, 0.4) is 0 Å². The molecule has 1 atom stereocenters. The minimum Gasteiger partial charge on any atom is -0.508 e. The van der Waals surface area contributed by atoms with Crippen molar-refractivity contribution in [3.8, 4) is 11.5 Å². The predicted molar refractivity (Wildman–Crippen MR) is 85.1 cm³/mol. The van der Waals surface area contributed by atoms with Gasteiger partial charge in [-0.2, -0.15) is 5.10 Å². The molecule has 2 rings (SSSR count). The van der Waals surface area contributed by atoms with E-state index in [4.69, 9.17) is 4.74 Å². The Kier molecular flexibility index (Phi) is 5.14. The van der Waals surface area contributed by atoms with Crippen molar-refractivity contribution >= 4 is 12.1 Å². The molecule has 0 heterocycles. The van der Waals surface area contributed by atoms with Crippen LogP contribution in [0.1, 0.15) is 18.1 Å². The third kappa shape index (κ3) is 4.63. The van der Waals surface area contributed by atoms with Crippen LogP contribution in [0.25, 0.3) is 0 Å². The molecule has 0 aliphatic rings. The number of carbonyl (C=O) groups excluding carboxylic acids is 1. The summed E-state index contributed by atoms with van der Waals surface area (Å²) < 4.78 is 5.56. The Hall–Kier alpha value is -2.82. The maximum atomic E-state index is 11.9. The quantitative estimate of drug-likeness (QED) is 0.658. The van der Waals surface area contributed by atoms with Gasteiger partial charge in [-0.05, 0) is 61.4 Å². The summed E-state index contributed by atoms with van der Waals surface area (Å²) in [6.07, 6.45) is 0.843. The van der Waals surface area contributed by atoms with Crippen molar-refractivity contribution in [1.82, 2.24) is 5.43 Å². The number of benzene rings is 2. The number of phenolic OH excluding ortho intramolecular Hbond substituents is 1. The van der Waals surface area contributed by atoms with E-state index in [1.807, 2.05) is 25.1 Å². The number of rotatable bonds is 5. The van der Waals surface area contributed by atoms with E-state index < -0.39 is 6.10 Å². The normalized spacial score (nSPS) is 12.1. The molecular weight excluding hydrogens is 280 g/mol. The number of hydrogen-bond acceptors (Lipinski definition) is 4. The van der Waals surface area contributed by atoms with E-state index in [9.17, 15) is 9.90 Å². The first-order chi connectivity index (χ1) is 10.5. The maximum absolute atomic E-state index is 11.9. The molecule has 2 aromatic rings. The summed E-state index contributed by atoms with van der Waals surface area (Å²) >= 11 is 0. The van der Waals surface area contributed by atoms with Crippen LogP contribution in [0.2, 0.25) is 0 Å². The van der Waals surface area contributed by atoms with Crippen LogP contribution in [-0.4, -0.2) is 23.3 Å². The van der Waals surface area contributed by atoms with Crippen LogP contribution >= 0.6 is 0 Å². The first-order valence-corrected chi connectivity index (χ1v) is 6.90. The van der Waals surface area contributed by atoms with Gasteiger partial charge in [0.05, 0.1) is 6.21 Å². The molecule has 0 spiro atoms. The fourth-order valence-electron chi connectivity index (χ4n) is 1.77. The molecule has 0 saturated heterocycles. The molecule has 2 aromatic carbocycles. The van der Waals surface area contributed by atoms with Gasteiger partial charge in [0.2, 0.25) is 0 Å². The van der Waals surface area contributed by atoms with Crippen molar-refractivity contribution in [3.63, 3.8) is 0 Å². The summed E-state index contributed by atoms with van der Waals surface area (Å²) in [5, 5.41) is 13.0. The largest absolute Gasteiger partial charge is 0.508 e. The molecule has 0 fully saturated rings. The Morgan fingerprint density at radius 1 is 1.27 bits per heavy atom. The molecule has 0 aliphatic carbocycles. The first-order valence-electron chi connectivity index (χ1n) is 6.90. The molecule has 0 aromatic heterocycles. The van der Waals surface area contributed by atoms with E-state index in [0.717, 1.165) is 11.1 Å². The highest BCUT2D eigenvalue weighted by molar-refractivity contribution is 5.84. The standard InChI is InChI=1S/C17H18N2O3/c1-12-4-3-5-16(10-12)22-13(2)17(21)19-18-11-14-6-8-15(20)9-7-14/h3-11,13,20H,1-2H3,(H,19,21). The molecule has 0 radical (unpaired) electrons. The van der Waals surface area contributed by atoms with E-state index in [2.05, 4.69) is 10.5 Å². The number of phenols is 1. The van der Waals surface area contributed by atoms with Crippen molar-refractivity contribution in [3.05, 3.63) is 59.7 Å². The Bertz CT molecular complexity index is 666. The molecule has 5 heteroatoms. The molecule has 1 amide bonds. The second kappa shape index (κ2) is 7.26. The van der Waals surface area contributed by atoms with Crippen molar-refractivity contribution in [2.45, 2.75) is 20.0 Å². The van der Waals surface area contributed by atoms with E-state index in [1.165, 1.54) is 6.21 Å². The summed E-state index contributed by atoms with van der Waals surface area (Å²) in [5.74, 6) is 0.489. The van der Waals surface area contributed by atoms with Crippen LogP contribution in [0.4, 0.5) is 0 Å². The lowest BCUT2D eigenvalue weighted by molar-refractivity contribution is -0.127. The van der Waals surface area contributed by atoms with Gasteiger partial charge in [0.1, 0.15) is 11.5 Å². The van der Waals surface area contributed by atoms with Gasteiger partial charge in [0, 0.05) is 0 Å².